The maximum atomic E-state index is 10.6. The topological polar surface area (TPSA) is 91.9 Å². The van der Waals surface area contributed by atoms with Crippen molar-refractivity contribution in [3.8, 4) is 17.1 Å². The maximum Gasteiger partial charge on any atom is 0.213 e. The quantitative estimate of drug-likeness (QED) is 0.534. The van der Waals surface area contributed by atoms with Crippen LogP contribution in [0.2, 0.25) is 0 Å². The molecule has 1 amide bonds. The van der Waals surface area contributed by atoms with Crippen LogP contribution in [0.25, 0.3) is 22.2 Å². The Bertz CT molecular complexity index is 920. The molecule has 1 atom stereocenters. The number of rotatable bonds is 6. The molecule has 0 aliphatic carbocycles. The summed E-state index contributed by atoms with van der Waals surface area (Å²) in [6.07, 6.45) is 6.01. The molecule has 1 aromatic carbocycles. The third kappa shape index (κ3) is 5.71. The van der Waals surface area contributed by atoms with E-state index in [2.05, 4.69) is 32.1 Å². The smallest absolute Gasteiger partial charge is 0.213 e. The van der Waals surface area contributed by atoms with E-state index in [4.69, 9.17) is 4.74 Å². The number of benzene rings is 1. The van der Waals surface area contributed by atoms with Crippen molar-refractivity contribution in [3.05, 3.63) is 36.5 Å². The Hall–Kier alpha value is -2.58. The molecule has 2 aromatic heterocycles. The van der Waals surface area contributed by atoms with Crippen molar-refractivity contribution in [1.82, 2.24) is 20.5 Å². The van der Waals surface area contributed by atoms with Crippen LogP contribution in [0.1, 0.15) is 20.3 Å². The molecular formula is C21H27N5O2S. The average Bonchev–Trinajstić information content (AvgIpc) is 3.38. The number of nitrogens with zero attached hydrogens (tertiary/aromatic N) is 2. The van der Waals surface area contributed by atoms with Gasteiger partial charge in [-0.2, -0.15) is 16.9 Å². The minimum absolute atomic E-state index is 0.0848. The third-order valence-corrected chi connectivity index (χ3v) is 5.57. The van der Waals surface area contributed by atoms with Gasteiger partial charge >= 0.3 is 0 Å². The van der Waals surface area contributed by atoms with E-state index in [0.29, 0.717) is 12.3 Å². The fourth-order valence-corrected chi connectivity index (χ4v) is 3.69. The number of hydrogen-bond acceptors (Lipinski definition) is 6. The molecule has 8 heteroatoms. The first-order valence-electron chi connectivity index (χ1n) is 9.65. The Morgan fingerprint density at radius 1 is 1.31 bits per heavy atom. The maximum absolute atomic E-state index is 10.6. The fraction of sp³-hybridized carbons (Fsp3) is 0.381. The van der Waals surface area contributed by atoms with Crippen LogP contribution in [0.3, 0.4) is 0 Å². The summed E-state index contributed by atoms with van der Waals surface area (Å²) >= 11 is 1.97. The van der Waals surface area contributed by atoms with Gasteiger partial charge in [0.1, 0.15) is 5.69 Å². The standard InChI is InChI=1S/C16H16N4O2.C5H11NS/c1-10(2)22-15-6-3-11(8-17-15)16-13-7-12(18-9-21)4-5-14(13)19-20-16;1-7-5-2-3-6-4-5/h3-10H,1-2H3,(H,18,21)(H,19,20);5-6H,2-4H2,1H3/t;5-/m.0/s1. The van der Waals surface area contributed by atoms with Gasteiger partial charge in [0.25, 0.3) is 0 Å². The van der Waals surface area contributed by atoms with Crippen LogP contribution in [0.15, 0.2) is 36.5 Å². The second kappa shape index (κ2) is 10.3. The van der Waals surface area contributed by atoms with Gasteiger partial charge in [-0.25, -0.2) is 4.98 Å². The first-order chi connectivity index (χ1) is 14.1. The molecule has 0 radical (unpaired) electrons. The molecule has 3 heterocycles. The van der Waals surface area contributed by atoms with Crippen LogP contribution in [-0.2, 0) is 4.79 Å². The summed E-state index contributed by atoms with van der Waals surface area (Å²) in [5, 5.41) is 15.1. The van der Waals surface area contributed by atoms with Crippen molar-refractivity contribution >= 4 is 34.8 Å². The van der Waals surface area contributed by atoms with Gasteiger partial charge < -0.3 is 15.4 Å². The molecule has 29 heavy (non-hydrogen) atoms. The highest BCUT2D eigenvalue weighted by atomic mass is 32.2. The molecule has 154 valence electrons. The Labute approximate surface area is 175 Å². The molecule has 3 aromatic rings. The van der Waals surface area contributed by atoms with Gasteiger partial charge in [-0.05, 0) is 57.3 Å². The van der Waals surface area contributed by atoms with Gasteiger partial charge in [-0.15, -0.1) is 0 Å². The lowest BCUT2D eigenvalue weighted by atomic mass is 10.1. The van der Waals surface area contributed by atoms with Crippen LogP contribution in [0.4, 0.5) is 5.69 Å². The number of hydrogen-bond donors (Lipinski definition) is 3. The van der Waals surface area contributed by atoms with Crippen LogP contribution in [0.5, 0.6) is 5.88 Å². The molecule has 1 saturated heterocycles. The van der Waals surface area contributed by atoms with Gasteiger partial charge in [-0.1, -0.05) is 0 Å². The Kier molecular flexibility index (Phi) is 7.48. The first-order valence-corrected chi connectivity index (χ1v) is 10.9. The lowest BCUT2D eigenvalue weighted by Gasteiger charge is -2.08. The summed E-state index contributed by atoms with van der Waals surface area (Å²) in [5.74, 6) is 0.585. The number of pyridine rings is 1. The third-order valence-electron chi connectivity index (χ3n) is 4.50. The number of H-pyrrole nitrogens is 1. The van der Waals surface area contributed by atoms with Crippen molar-refractivity contribution in [2.24, 2.45) is 0 Å². The highest BCUT2D eigenvalue weighted by Gasteiger charge is 2.11. The summed E-state index contributed by atoms with van der Waals surface area (Å²) in [6, 6.07) is 9.31. The number of carbonyl (C=O) groups is 1. The second-order valence-electron chi connectivity index (χ2n) is 7.00. The predicted molar refractivity (Wildman–Crippen MR) is 120 cm³/mol. The Balaban J connectivity index is 0.000000290. The van der Waals surface area contributed by atoms with E-state index in [1.54, 1.807) is 6.20 Å². The number of nitrogens with one attached hydrogen (secondary N) is 3. The van der Waals surface area contributed by atoms with E-state index in [1.165, 1.54) is 19.5 Å². The fourth-order valence-electron chi connectivity index (χ4n) is 3.05. The van der Waals surface area contributed by atoms with E-state index in [9.17, 15) is 4.79 Å². The van der Waals surface area contributed by atoms with Gasteiger partial charge in [-0.3, -0.25) is 9.89 Å². The number of ether oxygens (including phenoxy) is 1. The van der Waals surface area contributed by atoms with Crippen LogP contribution < -0.4 is 15.4 Å². The van der Waals surface area contributed by atoms with Gasteiger partial charge in [0.15, 0.2) is 0 Å². The molecule has 0 spiro atoms. The second-order valence-corrected chi connectivity index (χ2v) is 8.14. The van der Waals surface area contributed by atoms with Gasteiger partial charge in [0, 0.05) is 40.7 Å². The number of thioether (sulfide) groups is 1. The van der Waals surface area contributed by atoms with E-state index >= 15 is 0 Å². The largest absolute Gasteiger partial charge is 0.475 e. The minimum Gasteiger partial charge on any atom is -0.475 e. The molecule has 0 saturated carbocycles. The van der Waals surface area contributed by atoms with E-state index in [-0.39, 0.29) is 6.10 Å². The summed E-state index contributed by atoms with van der Waals surface area (Å²) < 4.78 is 5.54. The van der Waals surface area contributed by atoms with Crippen molar-refractivity contribution in [2.75, 3.05) is 24.7 Å². The van der Waals surface area contributed by atoms with E-state index in [1.807, 2.05) is 55.9 Å². The number of aromatic amines is 1. The summed E-state index contributed by atoms with van der Waals surface area (Å²) in [7, 11) is 0. The normalized spacial score (nSPS) is 15.8. The van der Waals surface area contributed by atoms with Crippen LogP contribution in [-0.4, -0.2) is 52.3 Å². The molecule has 4 rings (SSSR count). The highest BCUT2D eigenvalue weighted by molar-refractivity contribution is 7.99. The van der Waals surface area contributed by atoms with E-state index in [0.717, 1.165) is 33.1 Å². The predicted octanol–water partition coefficient (Wildman–Crippen LogP) is 3.69. The van der Waals surface area contributed by atoms with Crippen molar-refractivity contribution < 1.29 is 9.53 Å². The van der Waals surface area contributed by atoms with Crippen LogP contribution >= 0.6 is 11.8 Å². The average molecular weight is 414 g/mol. The Morgan fingerprint density at radius 3 is 2.76 bits per heavy atom. The molecule has 0 bridgehead atoms. The van der Waals surface area contributed by atoms with Crippen molar-refractivity contribution in [1.29, 1.82) is 0 Å². The molecule has 3 N–H and O–H groups in total. The summed E-state index contributed by atoms with van der Waals surface area (Å²) in [5.41, 5.74) is 3.28. The molecular weight excluding hydrogens is 386 g/mol. The summed E-state index contributed by atoms with van der Waals surface area (Å²) in [6.45, 7) is 6.36. The number of aromatic nitrogens is 3. The Morgan fingerprint density at radius 2 is 2.17 bits per heavy atom. The molecule has 1 aliphatic rings. The van der Waals surface area contributed by atoms with Gasteiger partial charge in [0.2, 0.25) is 12.3 Å². The number of fused-ring (bicyclic) bond motifs is 1. The number of amides is 1. The summed E-state index contributed by atoms with van der Waals surface area (Å²) in [4.78, 5) is 14.9. The molecule has 1 aliphatic heterocycles. The lowest BCUT2D eigenvalue weighted by Crippen LogP contribution is -2.09. The first kappa shape index (κ1) is 21.1. The molecule has 1 fully saturated rings. The zero-order valence-electron chi connectivity index (χ0n) is 16.9. The van der Waals surface area contributed by atoms with Gasteiger partial charge in [0.05, 0.1) is 11.6 Å². The molecule has 0 unspecified atom stereocenters. The van der Waals surface area contributed by atoms with Crippen molar-refractivity contribution in [2.45, 2.75) is 31.6 Å². The number of carbonyl (C=O) groups excluding carboxylic acids is 1. The SMILES string of the molecule is CC(C)Oc1ccc(-c2n[nH]c3ccc(NC=O)cc23)cn1.CS[C@H]1CCNC1. The van der Waals surface area contributed by atoms with Crippen LogP contribution in [0, 0.1) is 0 Å². The molecule has 7 nitrogen and oxygen atoms in total. The lowest BCUT2D eigenvalue weighted by molar-refractivity contribution is -0.105. The minimum atomic E-state index is 0.0848. The van der Waals surface area contributed by atoms with E-state index < -0.39 is 0 Å². The zero-order chi connectivity index (χ0) is 20.6. The highest BCUT2D eigenvalue weighted by Crippen LogP contribution is 2.28. The zero-order valence-corrected chi connectivity index (χ0v) is 17.8. The monoisotopic (exact) mass is 413 g/mol. The van der Waals surface area contributed by atoms with Crippen molar-refractivity contribution in [3.63, 3.8) is 0 Å². The number of anilines is 1.